The first-order valence-electron chi connectivity index (χ1n) is 7.16. The van der Waals surface area contributed by atoms with Crippen LogP contribution < -0.4 is 0 Å². The standard InChI is InChI=1S/C15H21NO4S/c1-3-10-16(13-6-7-13)21(18,19)14-8-4-12(5-9-14)11-15(17)20-2/h4-5,8-9,13H,3,6-7,10-11H2,1-2H3. The third-order valence-corrected chi connectivity index (χ3v) is 5.47. The van der Waals surface area contributed by atoms with Gasteiger partial charge >= 0.3 is 5.97 Å². The fourth-order valence-corrected chi connectivity index (χ4v) is 4.01. The third-order valence-electron chi connectivity index (χ3n) is 3.50. The zero-order valence-corrected chi connectivity index (χ0v) is 13.2. The van der Waals surface area contributed by atoms with Gasteiger partial charge in [0.05, 0.1) is 18.4 Å². The molecule has 1 fully saturated rings. The third kappa shape index (κ3) is 3.83. The Balaban J connectivity index is 2.18. The minimum Gasteiger partial charge on any atom is -0.469 e. The lowest BCUT2D eigenvalue weighted by atomic mass is 10.2. The number of rotatable bonds is 7. The molecule has 1 aliphatic rings. The highest BCUT2D eigenvalue weighted by Gasteiger charge is 2.37. The Morgan fingerprint density at radius 2 is 1.90 bits per heavy atom. The molecular weight excluding hydrogens is 290 g/mol. The van der Waals surface area contributed by atoms with Gasteiger partial charge in [0, 0.05) is 12.6 Å². The summed E-state index contributed by atoms with van der Waals surface area (Å²) in [6.45, 7) is 2.53. The Hall–Kier alpha value is -1.40. The summed E-state index contributed by atoms with van der Waals surface area (Å²) in [6.07, 6.45) is 2.84. The first-order chi connectivity index (χ1) is 9.98. The van der Waals surface area contributed by atoms with Crippen molar-refractivity contribution in [3.63, 3.8) is 0 Å². The van der Waals surface area contributed by atoms with Crippen LogP contribution in [0, 0.1) is 0 Å². The number of carbonyl (C=O) groups excluding carboxylic acids is 1. The van der Waals surface area contributed by atoms with Gasteiger partial charge in [-0.2, -0.15) is 4.31 Å². The average molecular weight is 311 g/mol. The fourth-order valence-electron chi connectivity index (χ4n) is 2.24. The molecule has 116 valence electrons. The number of esters is 1. The summed E-state index contributed by atoms with van der Waals surface area (Å²) in [6, 6.07) is 6.63. The van der Waals surface area contributed by atoms with Crippen molar-refractivity contribution in [3.8, 4) is 0 Å². The Bertz CT molecular complexity index is 591. The van der Waals surface area contributed by atoms with Gasteiger partial charge in [-0.1, -0.05) is 19.1 Å². The van der Waals surface area contributed by atoms with Crippen LogP contribution >= 0.6 is 0 Å². The van der Waals surface area contributed by atoms with E-state index in [1.54, 1.807) is 28.6 Å². The maximum atomic E-state index is 12.6. The molecule has 0 spiro atoms. The van der Waals surface area contributed by atoms with Crippen LogP contribution in [0.3, 0.4) is 0 Å². The topological polar surface area (TPSA) is 63.7 Å². The Labute approximate surface area is 126 Å². The first kappa shape index (κ1) is 16.0. The van der Waals surface area contributed by atoms with Crippen LogP contribution in [0.25, 0.3) is 0 Å². The Kier molecular flexibility index (Phi) is 5.00. The highest BCUT2D eigenvalue weighted by Crippen LogP contribution is 2.32. The number of methoxy groups -OCH3 is 1. The number of hydrogen-bond acceptors (Lipinski definition) is 4. The SMILES string of the molecule is CCCN(C1CC1)S(=O)(=O)c1ccc(CC(=O)OC)cc1. The summed E-state index contributed by atoms with van der Waals surface area (Å²) < 4.78 is 31.5. The van der Waals surface area contributed by atoms with Crippen LogP contribution in [0.15, 0.2) is 29.2 Å². The highest BCUT2D eigenvalue weighted by atomic mass is 32.2. The van der Waals surface area contributed by atoms with Crippen LogP contribution in [-0.4, -0.2) is 38.4 Å². The molecule has 1 saturated carbocycles. The summed E-state index contributed by atoms with van der Waals surface area (Å²) in [5.41, 5.74) is 0.745. The van der Waals surface area contributed by atoms with Gasteiger partial charge in [0.1, 0.15) is 0 Å². The fraction of sp³-hybridized carbons (Fsp3) is 0.533. The molecule has 0 unspecified atom stereocenters. The molecule has 0 saturated heterocycles. The van der Waals surface area contributed by atoms with Crippen LogP contribution in [0.4, 0.5) is 0 Å². The minimum atomic E-state index is -3.43. The summed E-state index contributed by atoms with van der Waals surface area (Å²) in [5.74, 6) is -0.337. The van der Waals surface area contributed by atoms with Gasteiger partial charge in [-0.15, -0.1) is 0 Å². The first-order valence-corrected chi connectivity index (χ1v) is 8.60. The zero-order valence-electron chi connectivity index (χ0n) is 12.4. The molecule has 6 heteroatoms. The van der Waals surface area contributed by atoms with E-state index in [2.05, 4.69) is 4.74 Å². The summed E-state index contributed by atoms with van der Waals surface area (Å²) in [5, 5.41) is 0. The molecule has 0 amide bonds. The molecule has 1 aromatic rings. The maximum Gasteiger partial charge on any atom is 0.309 e. The minimum absolute atomic E-state index is 0.151. The Morgan fingerprint density at radius 1 is 1.29 bits per heavy atom. The van der Waals surface area contributed by atoms with Crippen molar-refractivity contribution in [2.75, 3.05) is 13.7 Å². The normalized spacial score (nSPS) is 15.2. The number of sulfonamides is 1. The van der Waals surface area contributed by atoms with Crippen molar-refractivity contribution in [1.82, 2.24) is 4.31 Å². The number of carbonyl (C=O) groups is 1. The predicted octanol–water partition coefficient (Wildman–Crippen LogP) is 1.97. The van der Waals surface area contributed by atoms with Crippen molar-refractivity contribution in [3.05, 3.63) is 29.8 Å². The lowest BCUT2D eigenvalue weighted by Crippen LogP contribution is -2.33. The van der Waals surface area contributed by atoms with Crippen LogP contribution in [-0.2, 0) is 26.0 Å². The van der Waals surface area contributed by atoms with Gasteiger partial charge in [-0.3, -0.25) is 4.79 Å². The molecule has 1 aliphatic carbocycles. The molecule has 0 aromatic heterocycles. The highest BCUT2D eigenvalue weighted by molar-refractivity contribution is 7.89. The van der Waals surface area contributed by atoms with E-state index >= 15 is 0 Å². The second-order valence-corrected chi connectivity index (χ2v) is 7.13. The molecule has 0 bridgehead atoms. The van der Waals surface area contributed by atoms with E-state index in [-0.39, 0.29) is 23.3 Å². The van der Waals surface area contributed by atoms with E-state index in [4.69, 9.17) is 0 Å². The second-order valence-electron chi connectivity index (χ2n) is 5.24. The molecule has 0 heterocycles. The molecule has 0 radical (unpaired) electrons. The smallest absolute Gasteiger partial charge is 0.309 e. The monoisotopic (exact) mass is 311 g/mol. The van der Waals surface area contributed by atoms with Crippen molar-refractivity contribution < 1.29 is 17.9 Å². The van der Waals surface area contributed by atoms with Gasteiger partial charge in [0.2, 0.25) is 10.0 Å². The number of ether oxygens (including phenoxy) is 1. The van der Waals surface area contributed by atoms with Crippen LogP contribution in [0.2, 0.25) is 0 Å². The molecule has 1 aromatic carbocycles. The van der Waals surface area contributed by atoms with Crippen molar-refractivity contribution in [2.24, 2.45) is 0 Å². The maximum absolute atomic E-state index is 12.6. The average Bonchev–Trinajstić information content (AvgIpc) is 3.29. The van der Waals surface area contributed by atoms with Crippen molar-refractivity contribution >= 4 is 16.0 Å². The number of benzene rings is 1. The summed E-state index contributed by atoms with van der Waals surface area (Å²) in [4.78, 5) is 11.5. The largest absolute Gasteiger partial charge is 0.469 e. The predicted molar refractivity (Wildman–Crippen MR) is 79.4 cm³/mol. The van der Waals surface area contributed by atoms with E-state index < -0.39 is 10.0 Å². The van der Waals surface area contributed by atoms with E-state index in [0.29, 0.717) is 6.54 Å². The van der Waals surface area contributed by atoms with E-state index in [0.717, 1.165) is 24.8 Å². The van der Waals surface area contributed by atoms with E-state index in [1.165, 1.54) is 7.11 Å². The number of hydrogen-bond donors (Lipinski definition) is 0. The number of nitrogens with zero attached hydrogens (tertiary/aromatic N) is 1. The van der Waals surface area contributed by atoms with E-state index in [1.807, 2.05) is 6.92 Å². The van der Waals surface area contributed by atoms with E-state index in [9.17, 15) is 13.2 Å². The van der Waals surface area contributed by atoms with Crippen LogP contribution in [0.1, 0.15) is 31.7 Å². The Morgan fingerprint density at radius 3 is 2.38 bits per heavy atom. The lowest BCUT2D eigenvalue weighted by Gasteiger charge is -2.21. The molecule has 21 heavy (non-hydrogen) atoms. The van der Waals surface area contributed by atoms with Gasteiger partial charge in [0.25, 0.3) is 0 Å². The van der Waals surface area contributed by atoms with Crippen LogP contribution in [0.5, 0.6) is 0 Å². The summed E-state index contributed by atoms with van der Waals surface area (Å²) >= 11 is 0. The molecule has 0 atom stereocenters. The quantitative estimate of drug-likeness (QED) is 0.722. The van der Waals surface area contributed by atoms with Crippen molar-refractivity contribution in [1.29, 1.82) is 0 Å². The molecular formula is C15H21NO4S. The van der Waals surface area contributed by atoms with Crippen molar-refractivity contribution in [2.45, 2.75) is 43.5 Å². The second kappa shape index (κ2) is 6.58. The van der Waals surface area contributed by atoms with Gasteiger partial charge in [-0.05, 0) is 37.0 Å². The zero-order chi connectivity index (χ0) is 15.5. The summed E-state index contributed by atoms with van der Waals surface area (Å²) in [7, 11) is -2.10. The molecule has 2 rings (SSSR count). The van der Waals surface area contributed by atoms with Gasteiger partial charge in [-0.25, -0.2) is 8.42 Å². The molecule has 0 N–H and O–H groups in total. The molecule has 0 aliphatic heterocycles. The lowest BCUT2D eigenvalue weighted by molar-refractivity contribution is -0.139. The molecule has 5 nitrogen and oxygen atoms in total. The van der Waals surface area contributed by atoms with Gasteiger partial charge in [0.15, 0.2) is 0 Å². The van der Waals surface area contributed by atoms with Gasteiger partial charge < -0.3 is 4.74 Å².